The molecule has 0 unspecified atom stereocenters. The summed E-state index contributed by atoms with van der Waals surface area (Å²) in [5.74, 6) is 0. The highest BCUT2D eigenvalue weighted by molar-refractivity contribution is 4.35. The van der Waals surface area contributed by atoms with Gasteiger partial charge in [0.2, 0.25) is 0 Å². The number of unbranched alkanes of at least 4 members (excludes halogenated alkanes) is 1. The summed E-state index contributed by atoms with van der Waals surface area (Å²) in [5.41, 5.74) is 0. The summed E-state index contributed by atoms with van der Waals surface area (Å²) in [7, 11) is 0. The molecule has 2 N–H and O–H groups in total. The average Bonchev–Trinajstić information content (AvgIpc) is 2.24. The minimum atomic E-state index is 1.29. The van der Waals surface area contributed by atoms with Gasteiger partial charge in [-0.05, 0) is 27.7 Å². The van der Waals surface area contributed by atoms with E-state index in [2.05, 4.69) is 27.7 Å². The first kappa shape index (κ1) is 13.9. The Morgan fingerprint density at radius 1 is 0.571 bits per heavy atom. The van der Waals surface area contributed by atoms with Gasteiger partial charge in [0, 0.05) is 12.8 Å². The van der Waals surface area contributed by atoms with Crippen LogP contribution in [0.25, 0.3) is 0 Å². The second-order valence-electron chi connectivity index (χ2n) is 4.12. The molecule has 14 heavy (non-hydrogen) atoms. The maximum Gasteiger partial charge on any atom is 0.0773 e. The SMILES string of the molecule is CC[NH+](CC)CCCC[NH+](CC)CC. The minimum Gasteiger partial charge on any atom is -0.335 e. The van der Waals surface area contributed by atoms with Crippen molar-refractivity contribution in [3.8, 4) is 0 Å². The molecule has 0 fully saturated rings. The van der Waals surface area contributed by atoms with Gasteiger partial charge in [-0.1, -0.05) is 0 Å². The third-order valence-corrected chi connectivity index (χ3v) is 3.31. The van der Waals surface area contributed by atoms with Crippen molar-refractivity contribution in [1.29, 1.82) is 0 Å². The molecule has 0 aliphatic carbocycles. The second-order valence-corrected chi connectivity index (χ2v) is 4.12. The first-order valence-electron chi connectivity index (χ1n) is 6.45. The van der Waals surface area contributed by atoms with E-state index in [-0.39, 0.29) is 0 Å². The van der Waals surface area contributed by atoms with Crippen LogP contribution in [-0.4, -0.2) is 39.3 Å². The van der Waals surface area contributed by atoms with E-state index in [0.717, 1.165) is 0 Å². The Hall–Kier alpha value is -0.0800. The van der Waals surface area contributed by atoms with Crippen molar-refractivity contribution in [2.45, 2.75) is 40.5 Å². The fourth-order valence-electron chi connectivity index (χ4n) is 1.96. The maximum atomic E-state index is 2.29. The lowest BCUT2D eigenvalue weighted by Gasteiger charge is -2.17. The van der Waals surface area contributed by atoms with Gasteiger partial charge in [-0.2, -0.15) is 0 Å². The molecule has 0 heterocycles. The molecule has 86 valence electrons. The molecule has 0 rings (SSSR count). The number of hydrogen-bond donors (Lipinski definition) is 2. The van der Waals surface area contributed by atoms with E-state index < -0.39 is 0 Å². The molecule has 0 atom stereocenters. The lowest BCUT2D eigenvalue weighted by Crippen LogP contribution is -3.12. The topological polar surface area (TPSA) is 8.88 Å². The number of hydrogen-bond acceptors (Lipinski definition) is 0. The smallest absolute Gasteiger partial charge is 0.0773 e. The first-order chi connectivity index (χ1) is 6.78. The van der Waals surface area contributed by atoms with Crippen LogP contribution in [0.2, 0.25) is 0 Å². The average molecular weight is 202 g/mol. The van der Waals surface area contributed by atoms with Crippen molar-refractivity contribution in [2.75, 3.05) is 39.3 Å². The van der Waals surface area contributed by atoms with Crippen molar-refractivity contribution in [3.63, 3.8) is 0 Å². The van der Waals surface area contributed by atoms with E-state index in [1.807, 2.05) is 0 Å². The van der Waals surface area contributed by atoms with E-state index in [1.165, 1.54) is 52.1 Å². The standard InChI is InChI=1S/C12H28N2/c1-5-13(6-2)11-9-10-12-14(7-3)8-4/h5-12H2,1-4H3/p+2. The fourth-order valence-corrected chi connectivity index (χ4v) is 1.96. The van der Waals surface area contributed by atoms with E-state index in [0.29, 0.717) is 0 Å². The van der Waals surface area contributed by atoms with Crippen molar-refractivity contribution >= 4 is 0 Å². The zero-order valence-electron chi connectivity index (χ0n) is 10.7. The molecule has 2 nitrogen and oxygen atoms in total. The number of quaternary nitrogens is 2. The van der Waals surface area contributed by atoms with E-state index in [4.69, 9.17) is 0 Å². The summed E-state index contributed by atoms with van der Waals surface area (Å²) in [4.78, 5) is 3.50. The van der Waals surface area contributed by atoms with Crippen LogP contribution in [0.1, 0.15) is 40.5 Å². The highest BCUT2D eigenvalue weighted by Gasteiger charge is 2.04. The van der Waals surface area contributed by atoms with Gasteiger partial charge in [0.25, 0.3) is 0 Å². The van der Waals surface area contributed by atoms with E-state index >= 15 is 0 Å². The number of nitrogens with one attached hydrogen (secondary N) is 2. The summed E-state index contributed by atoms with van der Waals surface area (Å²) in [6.45, 7) is 17.0. The van der Waals surface area contributed by atoms with Crippen molar-refractivity contribution in [3.05, 3.63) is 0 Å². The quantitative estimate of drug-likeness (QED) is 0.472. The Bertz CT molecular complexity index is 92.9. The fraction of sp³-hybridized carbons (Fsp3) is 1.00. The van der Waals surface area contributed by atoms with Crippen molar-refractivity contribution in [1.82, 2.24) is 0 Å². The predicted molar refractivity (Wildman–Crippen MR) is 63.1 cm³/mol. The summed E-state index contributed by atoms with van der Waals surface area (Å²) in [6.07, 6.45) is 2.81. The molecule has 0 bridgehead atoms. The normalized spacial score (nSPS) is 11.6. The third-order valence-electron chi connectivity index (χ3n) is 3.31. The lowest BCUT2D eigenvalue weighted by molar-refractivity contribution is -0.903. The van der Waals surface area contributed by atoms with Crippen LogP contribution in [0.15, 0.2) is 0 Å². The van der Waals surface area contributed by atoms with Gasteiger partial charge in [0.15, 0.2) is 0 Å². The molecule has 0 saturated carbocycles. The Labute approximate surface area is 90.3 Å². The summed E-state index contributed by atoms with van der Waals surface area (Å²) < 4.78 is 0. The van der Waals surface area contributed by atoms with E-state index in [1.54, 1.807) is 9.80 Å². The van der Waals surface area contributed by atoms with Crippen LogP contribution in [0.5, 0.6) is 0 Å². The monoisotopic (exact) mass is 202 g/mol. The molecule has 0 spiro atoms. The molecular formula is C12H30N2+2. The van der Waals surface area contributed by atoms with Gasteiger partial charge in [-0.3, -0.25) is 0 Å². The predicted octanol–water partition coefficient (Wildman–Crippen LogP) is -0.384. The molecular weight excluding hydrogens is 172 g/mol. The zero-order valence-corrected chi connectivity index (χ0v) is 10.7. The van der Waals surface area contributed by atoms with Crippen molar-refractivity contribution < 1.29 is 9.80 Å². The van der Waals surface area contributed by atoms with Gasteiger partial charge in [0.05, 0.1) is 39.3 Å². The van der Waals surface area contributed by atoms with Crippen LogP contribution in [-0.2, 0) is 0 Å². The minimum absolute atomic E-state index is 1.29. The lowest BCUT2D eigenvalue weighted by atomic mass is 10.2. The maximum absolute atomic E-state index is 2.29. The molecule has 0 aromatic carbocycles. The molecule has 2 heteroatoms. The Morgan fingerprint density at radius 3 is 1.07 bits per heavy atom. The summed E-state index contributed by atoms with van der Waals surface area (Å²) in [5, 5.41) is 0. The molecule has 0 saturated heterocycles. The van der Waals surface area contributed by atoms with Gasteiger partial charge in [-0.25, -0.2) is 0 Å². The van der Waals surface area contributed by atoms with Gasteiger partial charge in [0.1, 0.15) is 0 Å². The molecule has 0 aromatic rings. The van der Waals surface area contributed by atoms with Crippen LogP contribution < -0.4 is 9.80 Å². The highest BCUT2D eigenvalue weighted by Crippen LogP contribution is 1.79. The van der Waals surface area contributed by atoms with Gasteiger partial charge < -0.3 is 9.80 Å². The van der Waals surface area contributed by atoms with Gasteiger partial charge >= 0.3 is 0 Å². The molecule has 0 aromatic heterocycles. The van der Waals surface area contributed by atoms with Crippen LogP contribution in [0.3, 0.4) is 0 Å². The van der Waals surface area contributed by atoms with Crippen LogP contribution >= 0.6 is 0 Å². The Morgan fingerprint density at radius 2 is 0.857 bits per heavy atom. The first-order valence-corrected chi connectivity index (χ1v) is 6.45. The Balaban J connectivity index is 3.35. The third kappa shape index (κ3) is 6.39. The summed E-state index contributed by atoms with van der Waals surface area (Å²) >= 11 is 0. The number of rotatable bonds is 9. The zero-order chi connectivity index (χ0) is 10.8. The molecule has 0 radical (unpaired) electrons. The van der Waals surface area contributed by atoms with E-state index in [9.17, 15) is 0 Å². The van der Waals surface area contributed by atoms with Crippen LogP contribution in [0, 0.1) is 0 Å². The van der Waals surface area contributed by atoms with Gasteiger partial charge in [-0.15, -0.1) is 0 Å². The second kappa shape index (κ2) is 9.47. The Kier molecular flexibility index (Phi) is 9.42. The summed E-state index contributed by atoms with van der Waals surface area (Å²) in [6, 6.07) is 0. The largest absolute Gasteiger partial charge is 0.335 e. The molecule has 0 amide bonds. The molecule has 0 aliphatic heterocycles. The van der Waals surface area contributed by atoms with Crippen LogP contribution in [0.4, 0.5) is 0 Å². The highest BCUT2D eigenvalue weighted by atomic mass is 15.1. The van der Waals surface area contributed by atoms with Crippen molar-refractivity contribution in [2.24, 2.45) is 0 Å². The molecule has 0 aliphatic rings.